The number of carbonyl (C=O) groups excluding carboxylic acids is 1. The molecule has 0 aliphatic rings. The molecule has 0 saturated heterocycles. The van der Waals surface area contributed by atoms with Crippen molar-refractivity contribution in [2.24, 2.45) is 5.84 Å². The fourth-order valence-electron chi connectivity index (χ4n) is 1.64. The Morgan fingerprint density at radius 3 is 2.57 bits per heavy atom. The van der Waals surface area contributed by atoms with Crippen LogP contribution in [0.1, 0.15) is 43.7 Å². The number of carbonyl (C=O) groups is 1. The molecule has 1 unspecified atom stereocenters. The monoisotopic (exact) mass is 312 g/mol. The summed E-state index contributed by atoms with van der Waals surface area (Å²) in [6.45, 7) is 8.29. The van der Waals surface area contributed by atoms with Gasteiger partial charge in [-0.3, -0.25) is 9.00 Å². The number of hydrogen-bond acceptors (Lipinski definition) is 5. The third-order valence-corrected chi connectivity index (χ3v) is 4.24. The lowest BCUT2D eigenvalue weighted by Gasteiger charge is -2.19. The van der Waals surface area contributed by atoms with Crippen molar-refractivity contribution in [1.82, 2.24) is 10.3 Å². The van der Waals surface area contributed by atoms with Crippen LogP contribution in [0, 0.1) is 0 Å². The van der Waals surface area contributed by atoms with Gasteiger partial charge in [-0.05, 0) is 12.1 Å². The minimum absolute atomic E-state index is 0.189. The van der Waals surface area contributed by atoms with Crippen LogP contribution in [-0.4, -0.2) is 33.2 Å². The van der Waals surface area contributed by atoms with Gasteiger partial charge < -0.3 is 10.7 Å². The molecule has 1 rings (SSSR count). The summed E-state index contributed by atoms with van der Waals surface area (Å²) in [5.41, 5.74) is 3.56. The van der Waals surface area contributed by atoms with Crippen molar-refractivity contribution in [2.75, 3.05) is 23.5 Å². The molecule has 1 heterocycles. The van der Waals surface area contributed by atoms with Gasteiger partial charge in [0.15, 0.2) is 0 Å². The Balaban J connectivity index is 2.86. The number of nitrogens with zero attached hydrogens (tertiary/aromatic N) is 1. The van der Waals surface area contributed by atoms with E-state index in [2.05, 4.69) is 15.7 Å². The van der Waals surface area contributed by atoms with Crippen molar-refractivity contribution in [1.29, 1.82) is 0 Å². The second-order valence-corrected chi connectivity index (χ2v) is 7.57. The van der Waals surface area contributed by atoms with Gasteiger partial charge in [0.25, 0.3) is 5.91 Å². The van der Waals surface area contributed by atoms with Crippen LogP contribution in [0.25, 0.3) is 0 Å². The highest BCUT2D eigenvalue weighted by Gasteiger charge is 2.19. The van der Waals surface area contributed by atoms with Crippen LogP contribution in [-0.2, 0) is 16.2 Å². The highest BCUT2D eigenvalue weighted by molar-refractivity contribution is 7.84. The van der Waals surface area contributed by atoms with Crippen LogP contribution in [0.4, 0.5) is 5.82 Å². The van der Waals surface area contributed by atoms with E-state index in [9.17, 15) is 9.00 Å². The number of nitrogens with two attached hydrogens (primary N) is 1. The molecule has 21 heavy (non-hydrogen) atoms. The number of hydrogen-bond donors (Lipinski definition) is 3. The van der Waals surface area contributed by atoms with E-state index < -0.39 is 10.8 Å². The number of rotatable bonds is 6. The predicted octanol–water partition coefficient (Wildman–Crippen LogP) is 1.16. The van der Waals surface area contributed by atoms with E-state index in [0.717, 1.165) is 5.69 Å². The third-order valence-electron chi connectivity index (χ3n) is 2.94. The molecule has 0 aliphatic carbocycles. The van der Waals surface area contributed by atoms with Crippen molar-refractivity contribution in [3.05, 3.63) is 23.4 Å². The number of nitrogen functional groups attached to an aromatic ring is 1. The molecule has 118 valence electrons. The number of aromatic nitrogens is 1. The van der Waals surface area contributed by atoms with Crippen molar-refractivity contribution < 1.29 is 9.00 Å². The topological polar surface area (TPSA) is 97.1 Å². The first-order chi connectivity index (χ1) is 9.77. The Labute approximate surface area is 128 Å². The van der Waals surface area contributed by atoms with Gasteiger partial charge in [0.1, 0.15) is 5.82 Å². The average molecular weight is 312 g/mol. The first kappa shape index (κ1) is 17.6. The summed E-state index contributed by atoms with van der Waals surface area (Å²) in [4.78, 5) is 16.5. The van der Waals surface area contributed by atoms with Gasteiger partial charge in [-0.25, -0.2) is 10.8 Å². The maximum absolute atomic E-state index is 12.2. The highest BCUT2D eigenvalue weighted by atomic mass is 32.2. The molecule has 1 amide bonds. The molecule has 0 radical (unpaired) electrons. The summed E-state index contributed by atoms with van der Waals surface area (Å²) in [6.07, 6.45) is 0. The molecule has 1 aromatic rings. The molecule has 0 aliphatic heterocycles. The standard InChI is InChI=1S/C14H24N4O2S/c1-5-21(20)7-6-16-13(19)10-8-11(14(2,3)4)17-12(9-10)18-15/h8-9H,5-7,15H2,1-4H3,(H,16,19)(H,17,18). The lowest BCUT2D eigenvalue weighted by Crippen LogP contribution is -2.29. The van der Waals surface area contributed by atoms with E-state index in [1.807, 2.05) is 27.7 Å². The van der Waals surface area contributed by atoms with Crippen LogP contribution in [0.15, 0.2) is 12.1 Å². The minimum Gasteiger partial charge on any atom is -0.351 e. The molecule has 0 spiro atoms. The van der Waals surface area contributed by atoms with Gasteiger partial charge in [-0.2, -0.15) is 0 Å². The molecule has 7 heteroatoms. The smallest absolute Gasteiger partial charge is 0.251 e. The van der Waals surface area contributed by atoms with E-state index in [1.165, 1.54) is 0 Å². The van der Waals surface area contributed by atoms with E-state index in [1.54, 1.807) is 12.1 Å². The zero-order chi connectivity index (χ0) is 16.0. The van der Waals surface area contributed by atoms with Gasteiger partial charge in [0.05, 0.1) is 0 Å². The Bertz CT molecular complexity index is 526. The Kier molecular flexibility index (Phi) is 6.29. The fourth-order valence-corrected chi connectivity index (χ4v) is 2.26. The molecule has 6 nitrogen and oxygen atoms in total. The molecule has 0 fully saturated rings. The molecule has 0 aromatic carbocycles. The predicted molar refractivity (Wildman–Crippen MR) is 86.6 cm³/mol. The third kappa shape index (κ3) is 5.43. The molecule has 4 N–H and O–H groups in total. The van der Waals surface area contributed by atoms with Crippen LogP contribution >= 0.6 is 0 Å². The van der Waals surface area contributed by atoms with E-state index in [-0.39, 0.29) is 11.3 Å². The summed E-state index contributed by atoms with van der Waals surface area (Å²) in [6, 6.07) is 3.36. The summed E-state index contributed by atoms with van der Waals surface area (Å²) in [5, 5.41) is 2.77. The first-order valence-corrected chi connectivity index (χ1v) is 8.39. The molecule has 1 atom stereocenters. The second kappa shape index (κ2) is 7.51. The number of nitrogens with one attached hydrogen (secondary N) is 2. The number of pyridine rings is 1. The lowest BCUT2D eigenvalue weighted by molar-refractivity contribution is 0.0956. The summed E-state index contributed by atoms with van der Waals surface area (Å²) in [7, 11) is -0.884. The zero-order valence-electron chi connectivity index (χ0n) is 13.0. The van der Waals surface area contributed by atoms with E-state index in [4.69, 9.17) is 5.84 Å². The minimum atomic E-state index is -0.884. The molecular weight excluding hydrogens is 288 g/mol. The SMILES string of the molecule is CCS(=O)CCNC(=O)c1cc(NN)nc(C(C)(C)C)c1. The zero-order valence-corrected chi connectivity index (χ0v) is 13.8. The van der Waals surface area contributed by atoms with Crippen LogP contribution < -0.4 is 16.6 Å². The maximum Gasteiger partial charge on any atom is 0.251 e. The molecule has 0 bridgehead atoms. The summed E-state index contributed by atoms with van der Waals surface area (Å²) >= 11 is 0. The quantitative estimate of drug-likeness (QED) is 0.541. The Hall–Kier alpha value is -1.47. The number of anilines is 1. The highest BCUT2D eigenvalue weighted by Crippen LogP contribution is 2.23. The Morgan fingerprint density at radius 2 is 2.05 bits per heavy atom. The number of amides is 1. The normalized spacial score (nSPS) is 12.8. The van der Waals surface area contributed by atoms with Crippen molar-refractivity contribution in [3.63, 3.8) is 0 Å². The van der Waals surface area contributed by atoms with Crippen LogP contribution in [0.5, 0.6) is 0 Å². The van der Waals surface area contributed by atoms with Gasteiger partial charge in [-0.15, -0.1) is 0 Å². The average Bonchev–Trinajstić information content (AvgIpc) is 2.45. The lowest BCUT2D eigenvalue weighted by atomic mass is 9.90. The molecular formula is C14H24N4O2S. The van der Waals surface area contributed by atoms with Crippen molar-refractivity contribution >= 4 is 22.5 Å². The van der Waals surface area contributed by atoms with Crippen LogP contribution in [0.2, 0.25) is 0 Å². The summed E-state index contributed by atoms with van der Waals surface area (Å²) < 4.78 is 11.3. The Morgan fingerprint density at radius 1 is 1.38 bits per heavy atom. The van der Waals surface area contributed by atoms with Gasteiger partial charge in [-0.1, -0.05) is 27.7 Å². The molecule has 0 saturated carbocycles. The largest absolute Gasteiger partial charge is 0.351 e. The first-order valence-electron chi connectivity index (χ1n) is 6.90. The number of hydrazine groups is 1. The van der Waals surface area contributed by atoms with Gasteiger partial charge >= 0.3 is 0 Å². The molecule has 1 aromatic heterocycles. The van der Waals surface area contributed by atoms with Crippen LogP contribution in [0.3, 0.4) is 0 Å². The second-order valence-electron chi connectivity index (χ2n) is 5.71. The van der Waals surface area contributed by atoms with E-state index in [0.29, 0.717) is 29.4 Å². The fraction of sp³-hybridized carbons (Fsp3) is 0.571. The summed E-state index contributed by atoms with van der Waals surface area (Å²) in [5.74, 6) is 6.70. The van der Waals surface area contributed by atoms with Gasteiger partial charge in [0, 0.05) is 45.5 Å². The van der Waals surface area contributed by atoms with E-state index >= 15 is 0 Å². The van der Waals surface area contributed by atoms with Crippen molar-refractivity contribution in [2.45, 2.75) is 33.1 Å². The van der Waals surface area contributed by atoms with Crippen molar-refractivity contribution in [3.8, 4) is 0 Å². The van der Waals surface area contributed by atoms with Gasteiger partial charge in [0.2, 0.25) is 0 Å². The maximum atomic E-state index is 12.2.